The van der Waals surface area contributed by atoms with Crippen LogP contribution < -0.4 is 0 Å². The molecule has 0 saturated heterocycles. The molecule has 0 N–H and O–H groups in total. The molecule has 2 nitrogen and oxygen atoms in total. The first kappa shape index (κ1) is 15.3. The van der Waals surface area contributed by atoms with E-state index in [1.807, 2.05) is 6.20 Å². The highest BCUT2D eigenvalue weighted by Crippen LogP contribution is 2.52. The van der Waals surface area contributed by atoms with Crippen molar-refractivity contribution in [3.8, 4) is 0 Å². The average molecular weight is 316 g/mol. The molecule has 0 unspecified atom stereocenters. The minimum Gasteiger partial charge on any atom is -0.253 e. The molecule has 0 aliphatic heterocycles. The molecule has 0 bridgehead atoms. The second-order valence-electron chi connectivity index (χ2n) is 7.97. The van der Waals surface area contributed by atoms with Crippen LogP contribution in [0.4, 0.5) is 0 Å². The summed E-state index contributed by atoms with van der Waals surface area (Å²) in [4.78, 5) is 9.79. The summed E-state index contributed by atoms with van der Waals surface area (Å²) in [5, 5.41) is 0. The molecule has 4 rings (SSSR count). The fourth-order valence-corrected chi connectivity index (χ4v) is 4.13. The number of benzene rings is 2. The first-order chi connectivity index (χ1) is 11.3. The van der Waals surface area contributed by atoms with Gasteiger partial charge in [-0.25, -0.2) is 4.98 Å². The molecule has 24 heavy (non-hydrogen) atoms. The third kappa shape index (κ3) is 1.95. The smallest absolute Gasteiger partial charge is 0.0893 e. The highest BCUT2D eigenvalue weighted by atomic mass is 14.8. The lowest BCUT2D eigenvalue weighted by atomic mass is 9.65. The van der Waals surface area contributed by atoms with Gasteiger partial charge in [0, 0.05) is 17.0 Å². The molecule has 0 radical (unpaired) electrons. The molecular formula is C22H24N2. The van der Waals surface area contributed by atoms with Gasteiger partial charge in [-0.3, -0.25) is 4.98 Å². The van der Waals surface area contributed by atoms with Crippen LogP contribution in [0.15, 0.2) is 42.6 Å². The summed E-state index contributed by atoms with van der Waals surface area (Å²) in [6, 6.07) is 13.1. The molecule has 0 saturated carbocycles. The number of aromatic nitrogens is 2. The summed E-state index contributed by atoms with van der Waals surface area (Å²) in [5.41, 5.74) is 8.49. The van der Waals surface area contributed by atoms with Crippen LogP contribution in [0.3, 0.4) is 0 Å². The summed E-state index contributed by atoms with van der Waals surface area (Å²) >= 11 is 0. The van der Waals surface area contributed by atoms with E-state index in [-0.39, 0.29) is 10.8 Å². The van der Waals surface area contributed by atoms with Crippen molar-refractivity contribution >= 4 is 11.0 Å². The maximum atomic E-state index is 5.05. The third-order valence-electron chi connectivity index (χ3n) is 6.34. The topological polar surface area (TPSA) is 25.8 Å². The molecule has 0 spiro atoms. The van der Waals surface area contributed by atoms with E-state index in [2.05, 4.69) is 71.0 Å². The van der Waals surface area contributed by atoms with Crippen molar-refractivity contribution in [2.75, 3.05) is 0 Å². The van der Waals surface area contributed by atoms with E-state index >= 15 is 0 Å². The molecule has 1 heterocycles. The number of aryl methyl sites for hydroxylation is 2. The molecule has 3 aromatic rings. The molecule has 0 amide bonds. The Hall–Kier alpha value is -2.22. The lowest BCUT2D eigenvalue weighted by Gasteiger charge is -2.38. The molecule has 122 valence electrons. The molecule has 1 aliphatic rings. The molecule has 0 fully saturated rings. The Morgan fingerprint density at radius 2 is 1.58 bits per heavy atom. The van der Waals surface area contributed by atoms with E-state index in [0.717, 1.165) is 23.1 Å². The predicted octanol–water partition coefficient (Wildman–Crippen LogP) is 5.04. The molecule has 1 atom stereocenters. The van der Waals surface area contributed by atoms with E-state index in [0.29, 0.717) is 0 Å². The van der Waals surface area contributed by atoms with Crippen molar-refractivity contribution in [1.82, 2.24) is 9.97 Å². The van der Waals surface area contributed by atoms with Gasteiger partial charge in [-0.2, -0.15) is 0 Å². The minimum absolute atomic E-state index is 0.0334. The number of fused-ring (bicyclic) bond motifs is 2. The maximum absolute atomic E-state index is 5.05. The first-order valence-corrected chi connectivity index (χ1v) is 8.66. The Kier molecular flexibility index (Phi) is 3.12. The van der Waals surface area contributed by atoms with Gasteiger partial charge in [0.2, 0.25) is 0 Å². The summed E-state index contributed by atoms with van der Waals surface area (Å²) in [7, 11) is 0. The van der Waals surface area contributed by atoms with Crippen molar-refractivity contribution in [3.05, 3.63) is 70.5 Å². The van der Waals surface area contributed by atoms with Gasteiger partial charge in [0.15, 0.2) is 0 Å². The standard InChI is InChI=1S/C22H24N2/c1-14-10-18-19(11-15(14)2)24-20(13-23-18)22(5)12-16-8-6-7-9-17(16)21(22,3)4/h6-11,13H,12H2,1-5H3/t22-/m0/s1. The summed E-state index contributed by atoms with van der Waals surface area (Å²) < 4.78 is 0. The molecule has 2 heteroatoms. The van der Waals surface area contributed by atoms with E-state index < -0.39 is 0 Å². The lowest BCUT2D eigenvalue weighted by Crippen LogP contribution is -2.40. The highest BCUT2D eigenvalue weighted by molar-refractivity contribution is 5.76. The Morgan fingerprint density at radius 1 is 0.917 bits per heavy atom. The average Bonchev–Trinajstić information content (AvgIpc) is 2.76. The SMILES string of the molecule is Cc1cc2ncc([C@]3(C)Cc4ccccc4C3(C)C)nc2cc1C. The lowest BCUT2D eigenvalue weighted by molar-refractivity contribution is 0.298. The molecular weight excluding hydrogens is 292 g/mol. The summed E-state index contributed by atoms with van der Waals surface area (Å²) in [6.07, 6.45) is 3.01. The van der Waals surface area contributed by atoms with Crippen LogP contribution in [0.1, 0.15) is 48.7 Å². The summed E-state index contributed by atoms with van der Waals surface area (Å²) in [5.74, 6) is 0. The van der Waals surface area contributed by atoms with Gasteiger partial charge in [-0.1, -0.05) is 45.0 Å². The zero-order valence-corrected chi connectivity index (χ0v) is 15.1. The molecule has 1 aliphatic carbocycles. The van der Waals surface area contributed by atoms with Crippen LogP contribution in [-0.2, 0) is 17.3 Å². The largest absolute Gasteiger partial charge is 0.253 e. The van der Waals surface area contributed by atoms with E-state index in [4.69, 9.17) is 9.97 Å². The van der Waals surface area contributed by atoms with E-state index in [1.54, 1.807) is 0 Å². The van der Waals surface area contributed by atoms with Crippen molar-refractivity contribution in [2.45, 2.75) is 51.9 Å². The van der Waals surface area contributed by atoms with Crippen LogP contribution in [-0.4, -0.2) is 9.97 Å². The van der Waals surface area contributed by atoms with Crippen LogP contribution >= 0.6 is 0 Å². The number of rotatable bonds is 1. The van der Waals surface area contributed by atoms with Gasteiger partial charge in [0.05, 0.1) is 16.7 Å². The molecule has 2 aromatic carbocycles. The third-order valence-corrected chi connectivity index (χ3v) is 6.34. The van der Waals surface area contributed by atoms with Crippen molar-refractivity contribution < 1.29 is 0 Å². The highest BCUT2D eigenvalue weighted by Gasteiger charge is 2.50. The fraction of sp³-hybridized carbons (Fsp3) is 0.364. The number of nitrogens with zero attached hydrogens (tertiary/aromatic N) is 2. The maximum Gasteiger partial charge on any atom is 0.0893 e. The monoisotopic (exact) mass is 316 g/mol. The zero-order chi connectivity index (χ0) is 17.1. The first-order valence-electron chi connectivity index (χ1n) is 8.66. The van der Waals surface area contributed by atoms with Crippen LogP contribution in [0, 0.1) is 13.8 Å². The van der Waals surface area contributed by atoms with Crippen LogP contribution in [0.25, 0.3) is 11.0 Å². The quantitative estimate of drug-likeness (QED) is 0.628. The minimum atomic E-state index is -0.0450. The van der Waals surface area contributed by atoms with Crippen molar-refractivity contribution in [2.24, 2.45) is 0 Å². The number of hydrogen-bond acceptors (Lipinski definition) is 2. The zero-order valence-electron chi connectivity index (χ0n) is 15.1. The van der Waals surface area contributed by atoms with Crippen LogP contribution in [0.5, 0.6) is 0 Å². The van der Waals surface area contributed by atoms with Gasteiger partial charge in [-0.15, -0.1) is 0 Å². The Labute approximate surface area is 144 Å². The van der Waals surface area contributed by atoms with Gasteiger partial charge in [0.1, 0.15) is 0 Å². The van der Waals surface area contributed by atoms with E-state index in [1.165, 1.54) is 22.3 Å². The fourth-order valence-electron chi connectivity index (χ4n) is 4.13. The Balaban J connectivity index is 1.90. The van der Waals surface area contributed by atoms with Gasteiger partial charge in [0.25, 0.3) is 0 Å². The van der Waals surface area contributed by atoms with Gasteiger partial charge >= 0.3 is 0 Å². The predicted molar refractivity (Wildman–Crippen MR) is 99.5 cm³/mol. The molecule has 1 aromatic heterocycles. The Bertz CT molecular complexity index is 955. The van der Waals surface area contributed by atoms with Crippen molar-refractivity contribution in [3.63, 3.8) is 0 Å². The van der Waals surface area contributed by atoms with Crippen molar-refractivity contribution in [1.29, 1.82) is 0 Å². The second kappa shape index (κ2) is 4.89. The van der Waals surface area contributed by atoms with Gasteiger partial charge < -0.3 is 0 Å². The second-order valence-corrected chi connectivity index (χ2v) is 7.97. The van der Waals surface area contributed by atoms with E-state index in [9.17, 15) is 0 Å². The summed E-state index contributed by atoms with van der Waals surface area (Å²) in [6.45, 7) is 11.3. The normalized spacial score (nSPS) is 21.9. The van der Waals surface area contributed by atoms with Gasteiger partial charge in [-0.05, 0) is 54.7 Å². The number of hydrogen-bond donors (Lipinski definition) is 0. The van der Waals surface area contributed by atoms with Crippen LogP contribution in [0.2, 0.25) is 0 Å². The Morgan fingerprint density at radius 3 is 2.29 bits per heavy atom.